The number of nitrogens with zero attached hydrogens (tertiary/aromatic N) is 2. The predicted molar refractivity (Wildman–Crippen MR) is 158 cm³/mol. The van der Waals surface area contributed by atoms with Crippen LogP contribution in [-0.4, -0.2) is 88.5 Å². The summed E-state index contributed by atoms with van der Waals surface area (Å²) < 4.78 is 50.3. The first kappa shape index (κ1) is 31.8. The fourth-order valence-electron chi connectivity index (χ4n) is 5.45. The second kappa shape index (κ2) is 14.9. The summed E-state index contributed by atoms with van der Waals surface area (Å²) in [5.74, 6) is 1.18. The Bertz CT molecular complexity index is 1290. The van der Waals surface area contributed by atoms with Gasteiger partial charge in [0.1, 0.15) is 11.5 Å². The maximum absolute atomic E-state index is 13.6. The monoisotopic (exact) mass is 602 g/mol. The SMILES string of the molecule is COc1ccc([C@H]2C=C(C(=O)N(C)C3CCCCC3)O[C@@H](OCCN(CCO)S(=O)(=O)c3ccc(OC)cc3)C2)cc1. The molecule has 1 aliphatic heterocycles. The smallest absolute Gasteiger partial charge is 0.288 e. The van der Waals surface area contributed by atoms with Gasteiger partial charge in [-0.1, -0.05) is 31.4 Å². The van der Waals surface area contributed by atoms with Crippen molar-refractivity contribution in [1.29, 1.82) is 0 Å². The van der Waals surface area contributed by atoms with Crippen LogP contribution in [0, 0.1) is 0 Å². The van der Waals surface area contributed by atoms with E-state index in [1.165, 1.54) is 30.0 Å². The number of hydrogen-bond donors (Lipinski definition) is 1. The number of carbonyl (C=O) groups is 1. The lowest BCUT2D eigenvalue weighted by atomic mass is 9.92. The van der Waals surface area contributed by atoms with E-state index in [0.717, 1.165) is 37.0 Å². The van der Waals surface area contributed by atoms with Crippen molar-refractivity contribution >= 4 is 15.9 Å². The van der Waals surface area contributed by atoms with Crippen LogP contribution in [0.1, 0.15) is 50.0 Å². The van der Waals surface area contributed by atoms with E-state index >= 15 is 0 Å². The summed E-state index contributed by atoms with van der Waals surface area (Å²) in [7, 11) is 1.06. The van der Waals surface area contributed by atoms with Crippen LogP contribution in [0.3, 0.4) is 0 Å². The van der Waals surface area contributed by atoms with Crippen LogP contribution in [0.4, 0.5) is 0 Å². The topological polar surface area (TPSA) is 115 Å². The Labute approximate surface area is 248 Å². The second-order valence-corrected chi connectivity index (χ2v) is 12.5. The minimum absolute atomic E-state index is 0.00302. The molecule has 2 atom stereocenters. The van der Waals surface area contributed by atoms with Gasteiger partial charge < -0.3 is 29.0 Å². The first-order chi connectivity index (χ1) is 20.3. The Hall–Kier alpha value is -3.12. The molecule has 1 saturated carbocycles. The molecule has 0 saturated heterocycles. The standard InChI is InChI=1S/C31H42N2O8S/c1-32(25-7-5-4-6-8-25)31(35)29-21-24(23-9-11-26(38-2)12-10-23)22-30(41-29)40-20-18-33(17-19-34)42(36,37)28-15-13-27(39-3)14-16-28/h9-16,21,24-25,30,34H,4-8,17-20,22H2,1-3H3/t24-,30+/m0/s1. The normalized spacial score (nSPS) is 19.6. The number of likely N-dealkylation sites (N-methyl/N-ethyl adjacent to an activating group) is 1. The van der Waals surface area contributed by atoms with Gasteiger partial charge in [-0.05, 0) is 60.9 Å². The first-order valence-corrected chi connectivity index (χ1v) is 15.9. The highest BCUT2D eigenvalue weighted by atomic mass is 32.2. The zero-order valence-corrected chi connectivity index (χ0v) is 25.4. The first-order valence-electron chi connectivity index (χ1n) is 14.4. The molecule has 0 bridgehead atoms. The van der Waals surface area contributed by atoms with Crippen molar-refractivity contribution in [3.8, 4) is 11.5 Å². The molecular weight excluding hydrogens is 560 g/mol. The lowest BCUT2D eigenvalue weighted by molar-refractivity contribution is -0.153. The minimum Gasteiger partial charge on any atom is -0.497 e. The van der Waals surface area contributed by atoms with Gasteiger partial charge in [0.15, 0.2) is 5.76 Å². The van der Waals surface area contributed by atoms with Gasteiger partial charge in [0.2, 0.25) is 16.3 Å². The number of aliphatic hydroxyl groups is 1. The molecular formula is C31H42N2O8S. The summed E-state index contributed by atoms with van der Waals surface area (Å²) in [4.78, 5) is 15.4. The highest BCUT2D eigenvalue weighted by Crippen LogP contribution is 2.34. The van der Waals surface area contributed by atoms with Crippen LogP contribution in [-0.2, 0) is 24.3 Å². The van der Waals surface area contributed by atoms with E-state index in [0.29, 0.717) is 12.2 Å². The molecule has 2 aromatic carbocycles. The van der Waals surface area contributed by atoms with Crippen LogP contribution in [0.25, 0.3) is 0 Å². The average molecular weight is 603 g/mol. The summed E-state index contributed by atoms with van der Waals surface area (Å²) in [6.07, 6.45) is 6.88. The minimum atomic E-state index is -3.89. The number of ether oxygens (including phenoxy) is 4. The molecule has 0 spiro atoms. The lowest BCUT2D eigenvalue weighted by Crippen LogP contribution is -2.41. The van der Waals surface area contributed by atoms with Crippen LogP contribution >= 0.6 is 0 Å². The number of amides is 1. The number of rotatable bonds is 13. The second-order valence-electron chi connectivity index (χ2n) is 10.6. The largest absolute Gasteiger partial charge is 0.497 e. The molecule has 2 aromatic rings. The third kappa shape index (κ3) is 7.83. The van der Waals surface area contributed by atoms with E-state index in [9.17, 15) is 18.3 Å². The number of hydrogen-bond acceptors (Lipinski definition) is 8. The molecule has 0 radical (unpaired) electrons. The van der Waals surface area contributed by atoms with E-state index in [4.69, 9.17) is 18.9 Å². The number of methoxy groups -OCH3 is 2. The molecule has 1 aliphatic carbocycles. The van der Waals surface area contributed by atoms with Gasteiger partial charge in [0.25, 0.3) is 5.91 Å². The number of sulfonamides is 1. The molecule has 0 unspecified atom stereocenters. The third-order valence-corrected chi connectivity index (χ3v) is 9.86. The van der Waals surface area contributed by atoms with E-state index in [1.54, 1.807) is 24.1 Å². The number of carbonyl (C=O) groups excluding carboxylic acids is 1. The van der Waals surface area contributed by atoms with Gasteiger partial charge in [-0.25, -0.2) is 8.42 Å². The van der Waals surface area contributed by atoms with Crippen molar-refractivity contribution in [2.45, 2.75) is 61.7 Å². The van der Waals surface area contributed by atoms with Crippen molar-refractivity contribution < 1.29 is 37.3 Å². The summed E-state index contributed by atoms with van der Waals surface area (Å²) in [6.45, 7) is -0.427. The molecule has 1 amide bonds. The van der Waals surface area contributed by atoms with E-state index in [1.807, 2.05) is 37.4 Å². The summed E-state index contributed by atoms with van der Waals surface area (Å²) >= 11 is 0. The molecule has 10 nitrogen and oxygen atoms in total. The number of aliphatic hydroxyl groups excluding tert-OH is 1. The van der Waals surface area contributed by atoms with Crippen molar-refractivity contribution in [1.82, 2.24) is 9.21 Å². The molecule has 1 N–H and O–H groups in total. The van der Waals surface area contributed by atoms with Crippen molar-refractivity contribution in [3.63, 3.8) is 0 Å². The zero-order valence-electron chi connectivity index (χ0n) is 24.6. The lowest BCUT2D eigenvalue weighted by Gasteiger charge is -2.35. The molecule has 1 heterocycles. The quantitative estimate of drug-likeness (QED) is 0.367. The zero-order chi connectivity index (χ0) is 30.1. The highest BCUT2D eigenvalue weighted by Gasteiger charge is 2.33. The number of benzene rings is 2. The van der Waals surface area contributed by atoms with Gasteiger partial charge in [0.05, 0.1) is 32.3 Å². The van der Waals surface area contributed by atoms with E-state index in [2.05, 4.69) is 0 Å². The van der Waals surface area contributed by atoms with Gasteiger partial charge in [0, 0.05) is 38.5 Å². The average Bonchev–Trinajstić information content (AvgIpc) is 3.04. The van der Waals surface area contributed by atoms with Crippen molar-refractivity contribution in [2.24, 2.45) is 0 Å². The van der Waals surface area contributed by atoms with Crippen LogP contribution in [0.2, 0.25) is 0 Å². The Kier molecular flexibility index (Phi) is 11.3. The highest BCUT2D eigenvalue weighted by molar-refractivity contribution is 7.89. The van der Waals surface area contributed by atoms with Crippen LogP contribution in [0.5, 0.6) is 11.5 Å². The van der Waals surface area contributed by atoms with Crippen LogP contribution in [0.15, 0.2) is 65.3 Å². The third-order valence-electron chi connectivity index (χ3n) is 7.95. The molecule has 42 heavy (non-hydrogen) atoms. The summed E-state index contributed by atoms with van der Waals surface area (Å²) in [6, 6.07) is 13.9. The maximum atomic E-state index is 13.6. The molecule has 2 aliphatic rings. The van der Waals surface area contributed by atoms with Crippen LogP contribution < -0.4 is 9.47 Å². The van der Waals surface area contributed by atoms with Gasteiger partial charge in [-0.2, -0.15) is 4.31 Å². The molecule has 4 rings (SSSR count). The molecule has 1 fully saturated rings. The summed E-state index contributed by atoms with van der Waals surface area (Å²) in [5.41, 5.74) is 0.988. The molecule has 0 aromatic heterocycles. The van der Waals surface area contributed by atoms with Gasteiger partial charge in [-0.3, -0.25) is 4.79 Å². The maximum Gasteiger partial charge on any atom is 0.288 e. The Morgan fingerprint density at radius 2 is 1.57 bits per heavy atom. The Morgan fingerprint density at radius 3 is 2.17 bits per heavy atom. The Morgan fingerprint density at radius 1 is 0.952 bits per heavy atom. The predicted octanol–water partition coefficient (Wildman–Crippen LogP) is 3.91. The van der Waals surface area contributed by atoms with Crippen molar-refractivity contribution in [2.75, 3.05) is 47.6 Å². The summed E-state index contributed by atoms with van der Waals surface area (Å²) in [5, 5.41) is 9.58. The van der Waals surface area contributed by atoms with Crippen molar-refractivity contribution in [3.05, 3.63) is 65.9 Å². The fraction of sp³-hybridized carbons (Fsp3) is 0.516. The molecule has 11 heteroatoms. The van der Waals surface area contributed by atoms with E-state index in [-0.39, 0.29) is 54.8 Å². The van der Waals surface area contributed by atoms with Gasteiger partial charge >= 0.3 is 0 Å². The fourth-order valence-corrected chi connectivity index (χ4v) is 6.86. The Balaban J connectivity index is 1.47. The molecule has 230 valence electrons. The van der Waals surface area contributed by atoms with E-state index < -0.39 is 16.3 Å². The van der Waals surface area contributed by atoms with Gasteiger partial charge in [-0.15, -0.1) is 0 Å². The number of allylic oxidation sites excluding steroid dienone is 1.